The van der Waals surface area contributed by atoms with Crippen molar-refractivity contribution in [2.45, 2.75) is 6.92 Å². The molecule has 3 aromatic heterocycles. The Morgan fingerprint density at radius 2 is 1.92 bits per heavy atom. The first-order valence-electron chi connectivity index (χ1n) is 7.11. The van der Waals surface area contributed by atoms with Crippen molar-refractivity contribution < 1.29 is 9.13 Å². The van der Waals surface area contributed by atoms with Crippen LogP contribution in [0.5, 0.6) is 5.88 Å². The summed E-state index contributed by atoms with van der Waals surface area (Å²) in [6, 6.07) is 8.03. The van der Waals surface area contributed by atoms with Crippen LogP contribution in [-0.4, -0.2) is 31.7 Å². The molecule has 120 valence electrons. The summed E-state index contributed by atoms with van der Waals surface area (Å²) < 4.78 is 20.8. The maximum Gasteiger partial charge on any atom is 0.215 e. The van der Waals surface area contributed by atoms with E-state index in [9.17, 15) is 4.39 Å². The number of halogens is 2. The summed E-state index contributed by atoms with van der Waals surface area (Å²) in [5.74, 6) is 0.368. The molecule has 0 saturated heterocycles. The van der Waals surface area contributed by atoms with Crippen molar-refractivity contribution in [1.29, 1.82) is 0 Å². The van der Waals surface area contributed by atoms with E-state index >= 15 is 0 Å². The van der Waals surface area contributed by atoms with Crippen molar-refractivity contribution in [3.8, 4) is 17.3 Å². The molecule has 4 aromatic rings. The molecule has 0 bridgehead atoms. The van der Waals surface area contributed by atoms with E-state index in [4.69, 9.17) is 16.3 Å². The summed E-state index contributed by atoms with van der Waals surface area (Å²) in [5, 5.41) is 8.35. The molecule has 1 aromatic carbocycles. The maximum absolute atomic E-state index is 13.9. The summed E-state index contributed by atoms with van der Waals surface area (Å²) in [6.07, 6.45) is 0. The van der Waals surface area contributed by atoms with E-state index in [0.717, 1.165) is 0 Å². The Hall–Kier alpha value is -2.80. The second kappa shape index (κ2) is 5.38. The quantitative estimate of drug-likeness (QED) is 0.557. The second-order valence-electron chi connectivity index (χ2n) is 5.18. The van der Waals surface area contributed by atoms with Crippen LogP contribution >= 0.6 is 11.6 Å². The molecule has 8 heteroatoms. The Morgan fingerprint density at radius 1 is 1.08 bits per heavy atom. The monoisotopic (exact) mass is 343 g/mol. The van der Waals surface area contributed by atoms with Gasteiger partial charge in [-0.2, -0.15) is 4.98 Å². The van der Waals surface area contributed by atoms with Gasteiger partial charge in [0, 0.05) is 11.6 Å². The van der Waals surface area contributed by atoms with Gasteiger partial charge in [0.15, 0.2) is 11.3 Å². The third-order valence-electron chi connectivity index (χ3n) is 3.72. The molecule has 0 amide bonds. The first-order chi connectivity index (χ1) is 11.6. The second-order valence-corrected chi connectivity index (χ2v) is 5.56. The van der Waals surface area contributed by atoms with Gasteiger partial charge in [-0.25, -0.2) is 9.37 Å². The smallest absolute Gasteiger partial charge is 0.215 e. The van der Waals surface area contributed by atoms with Crippen LogP contribution in [-0.2, 0) is 0 Å². The zero-order valence-electron chi connectivity index (χ0n) is 12.8. The fraction of sp³-hybridized carbons (Fsp3) is 0.125. The third kappa shape index (κ3) is 2.09. The average Bonchev–Trinajstić information content (AvgIpc) is 2.94. The van der Waals surface area contributed by atoms with Crippen molar-refractivity contribution in [3.05, 3.63) is 46.9 Å². The predicted octanol–water partition coefficient (Wildman–Crippen LogP) is 3.45. The highest BCUT2D eigenvalue weighted by Gasteiger charge is 2.19. The Labute approximate surface area is 140 Å². The highest BCUT2D eigenvalue weighted by atomic mass is 35.5. The maximum atomic E-state index is 13.9. The minimum atomic E-state index is -0.513. The Morgan fingerprint density at radius 3 is 2.71 bits per heavy atom. The first kappa shape index (κ1) is 14.8. The van der Waals surface area contributed by atoms with Crippen LogP contribution in [0.4, 0.5) is 4.39 Å². The lowest BCUT2D eigenvalue weighted by molar-refractivity contribution is 0.399. The molecule has 24 heavy (non-hydrogen) atoms. The number of aryl methyl sites for hydroxylation is 1. The van der Waals surface area contributed by atoms with E-state index in [1.54, 1.807) is 35.6 Å². The molecule has 0 atom stereocenters. The molecule has 3 heterocycles. The van der Waals surface area contributed by atoms with Gasteiger partial charge in [0.1, 0.15) is 17.2 Å². The fourth-order valence-electron chi connectivity index (χ4n) is 2.58. The van der Waals surface area contributed by atoms with Crippen LogP contribution < -0.4 is 4.74 Å². The summed E-state index contributed by atoms with van der Waals surface area (Å²) in [6.45, 7) is 1.80. The zero-order chi connectivity index (χ0) is 16.8. The number of hydrogen-bond donors (Lipinski definition) is 0. The van der Waals surface area contributed by atoms with E-state index in [1.807, 2.05) is 0 Å². The first-order valence-corrected chi connectivity index (χ1v) is 7.49. The number of methoxy groups -OCH3 is 1. The largest absolute Gasteiger partial charge is 0.481 e. The van der Waals surface area contributed by atoms with Crippen molar-refractivity contribution in [1.82, 2.24) is 24.6 Å². The van der Waals surface area contributed by atoms with Crippen LogP contribution in [0.2, 0.25) is 5.02 Å². The van der Waals surface area contributed by atoms with Gasteiger partial charge in [-0.1, -0.05) is 17.7 Å². The van der Waals surface area contributed by atoms with E-state index in [2.05, 4.69) is 20.2 Å². The molecule has 4 rings (SSSR count). The van der Waals surface area contributed by atoms with Gasteiger partial charge < -0.3 is 4.74 Å². The number of benzene rings is 1. The summed E-state index contributed by atoms with van der Waals surface area (Å²) in [5.41, 5.74) is 2.70. The highest BCUT2D eigenvalue weighted by Crippen LogP contribution is 2.31. The molecule has 0 spiro atoms. The fourth-order valence-corrected chi connectivity index (χ4v) is 2.79. The molecule has 0 unspecified atom stereocenters. The summed E-state index contributed by atoms with van der Waals surface area (Å²) >= 11 is 6.14. The van der Waals surface area contributed by atoms with Crippen molar-refractivity contribution >= 4 is 28.4 Å². The number of ether oxygens (including phenoxy) is 1. The molecule has 0 aliphatic heterocycles. The number of fused-ring (bicyclic) bond motifs is 3. The van der Waals surface area contributed by atoms with Crippen LogP contribution in [0.25, 0.3) is 28.2 Å². The van der Waals surface area contributed by atoms with Gasteiger partial charge in [-0.3, -0.25) is 4.40 Å². The summed E-state index contributed by atoms with van der Waals surface area (Å²) in [7, 11) is 1.53. The lowest BCUT2D eigenvalue weighted by Gasteiger charge is -2.07. The van der Waals surface area contributed by atoms with Gasteiger partial charge in [0.2, 0.25) is 5.88 Å². The lowest BCUT2D eigenvalue weighted by Crippen LogP contribution is -2.01. The molecule has 6 nitrogen and oxygen atoms in total. The van der Waals surface area contributed by atoms with E-state index < -0.39 is 5.82 Å². The Kier molecular flexibility index (Phi) is 3.31. The molecule has 0 radical (unpaired) electrons. The lowest BCUT2D eigenvalue weighted by atomic mass is 10.2. The minimum absolute atomic E-state index is 0.00254. The van der Waals surface area contributed by atoms with Crippen molar-refractivity contribution in [2.24, 2.45) is 0 Å². The molecule has 0 aliphatic rings. The molecule has 0 fully saturated rings. The predicted molar refractivity (Wildman–Crippen MR) is 87.8 cm³/mol. The molecular weight excluding hydrogens is 333 g/mol. The van der Waals surface area contributed by atoms with Gasteiger partial charge in [0.25, 0.3) is 0 Å². The van der Waals surface area contributed by atoms with Gasteiger partial charge in [-0.05, 0) is 25.1 Å². The average molecular weight is 344 g/mol. The minimum Gasteiger partial charge on any atom is -0.481 e. The Balaban J connectivity index is 2.16. The van der Waals surface area contributed by atoms with E-state index in [1.165, 1.54) is 13.2 Å². The number of pyridine rings is 1. The van der Waals surface area contributed by atoms with E-state index in [0.29, 0.717) is 39.8 Å². The SMILES string of the molecule is COc1ccc2nnc3c(C)nc(-c4cccc(F)c4Cl)n3c2n1. The third-order valence-corrected chi connectivity index (χ3v) is 4.10. The number of hydrogen-bond acceptors (Lipinski definition) is 5. The van der Waals surface area contributed by atoms with Crippen molar-refractivity contribution in [3.63, 3.8) is 0 Å². The van der Waals surface area contributed by atoms with E-state index in [-0.39, 0.29) is 5.02 Å². The molecule has 0 saturated carbocycles. The number of imidazole rings is 1. The Bertz CT molecular complexity index is 1090. The normalized spacial score (nSPS) is 11.3. The van der Waals surface area contributed by atoms with Crippen molar-refractivity contribution in [2.75, 3.05) is 7.11 Å². The summed E-state index contributed by atoms with van der Waals surface area (Å²) in [4.78, 5) is 8.93. The van der Waals surface area contributed by atoms with Gasteiger partial charge in [-0.15, -0.1) is 10.2 Å². The molecular formula is C16H11ClFN5O. The van der Waals surface area contributed by atoms with Gasteiger partial charge >= 0.3 is 0 Å². The highest BCUT2D eigenvalue weighted by molar-refractivity contribution is 6.33. The topological polar surface area (TPSA) is 65.2 Å². The van der Waals surface area contributed by atoms with Crippen LogP contribution in [0.1, 0.15) is 5.69 Å². The molecule has 0 aliphatic carbocycles. The van der Waals surface area contributed by atoms with Crippen LogP contribution in [0, 0.1) is 12.7 Å². The number of nitrogens with zero attached hydrogens (tertiary/aromatic N) is 5. The van der Waals surface area contributed by atoms with Crippen LogP contribution in [0.3, 0.4) is 0 Å². The number of rotatable bonds is 2. The number of aromatic nitrogens is 5. The zero-order valence-corrected chi connectivity index (χ0v) is 13.5. The van der Waals surface area contributed by atoms with Gasteiger partial charge in [0.05, 0.1) is 17.8 Å². The standard InChI is InChI=1S/C16H11ClFN5O/c1-8-14-22-21-11-6-7-12(24-2)20-16(11)23(14)15(19-8)9-4-3-5-10(18)13(9)17/h3-7H,1-2H3. The van der Waals surface area contributed by atoms with Crippen LogP contribution in [0.15, 0.2) is 30.3 Å². The molecule has 0 N–H and O–H groups in total.